The molecular formula is C36H38N10O6S3. The highest BCUT2D eigenvalue weighted by atomic mass is 32.1. The van der Waals surface area contributed by atoms with Crippen molar-refractivity contribution >= 4 is 85.0 Å². The summed E-state index contributed by atoms with van der Waals surface area (Å²) in [6, 6.07) is 4.66. The second kappa shape index (κ2) is 16.8. The molecule has 0 atom stereocenters. The van der Waals surface area contributed by atoms with Gasteiger partial charge in [0.15, 0.2) is 10.4 Å². The first-order valence-corrected chi connectivity index (χ1v) is 19.7. The van der Waals surface area contributed by atoms with Crippen LogP contribution in [-0.4, -0.2) is 71.0 Å². The fourth-order valence-corrected chi connectivity index (χ4v) is 8.60. The molecule has 0 spiro atoms. The SMILES string of the molecule is CCc1nc(C)sc1C(=O)/N=c1\sc2cc(C(N)=O)cnc2n1C/C=C/Cn1c(NC(=O)c2sc(C)nc2CC)nc2cc(C(N)=O)cc(OCCCO)c21. The number of carbonyl (C=O) groups excluding carboxylic acids is 4. The van der Waals surface area contributed by atoms with Crippen molar-refractivity contribution in [3.05, 3.63) is 83.6 Å². The van der Waals surface area contributed by atoms with Gasteiger partial charge in [-0.25, -0.2) is 19.9 Å². The van der Waals surface area contributed by atoms with Crippen LogP contribution in [0.1, 0.15) is 81.7 Å². The molecule has 55 heavy (non-hydrogen) atoms. The number of rotatable bonds is 15. The van der Waals surface area contributed by atoms with Crippen molar-refractivity contribution in [3.8, 4) is 5.75 Å². The molecule has 5 heterocycles. The number of ether oxygens (including phenoxy) is 1. The Morgan fingerprint density at radius 1 is 0.891 bits per heavy atom. The van der Waals surface area contributed by atoms with Crippen molar-refractivity contribution in [2.45, 2.75) is 60.0 Å². The van der Waals surface area contributed by atoms with Gasteiger partial charge in [0, 0.05) is 37.9 Å². The van der Waals surface area contributed by atoms with E-state index >= 15 is 0 Å². The number of thiazole rings is 3. The number of hydrogen-bond acceptors (Lipinski definition) is 13. The second-order valence-electron chi connectivity index (χ2n) is 12.2. The van der Waals surface area contributed by atoms with Gasteiger partial charge in [-0.2, -0.15) is 4.99 Å². The van der Waals surface area contributed by atoms with E-state index in [1.54, 1.807) is 15.2 Å². The molecule has 0 aliphatic heterocycles. The minimum absolute atomic E-state index is 0.104. The van der Waals surface area contributed by atoms with Crippen LogP contribution in [0.3, 0.4) is 0 Å². The molecule has 0 aliphatic carbocycles. The largest absolute Gasteiger partial charge is 0.491 e. The van der Waals surface area contributed by atoms with Crippen molar-refractivity contribution in [2.75, 3.05) is 18.5 Å². The molecule has 6 rings (SSSR count). The van der Waals surface area contributed by atoms with Crippen molar-refractivity contribution < 1.29 is 29.0 Å². The number of benzene rings is 1. The van der Waals surface area contributed by atoms with Crippen LogP contribution in [0.5, 0.6) is 5.75 Å². The lowest BCUT2D eigenvalue weighted by molar-refractivity contribution is 0.0991. The van der Waals surface area contributed by atoms with Crippen molar-refractivity contribution in [1.82, 2.24) is 29.1 Å². The lowest BCUT2D eigenvalue weighted by Gasteiger charge is -2.12. The molecule has 1 aromatic carbocycles. The maximum atomic E-state index is 13.6. The molecule has 0 saturated carbocycles. The Bertz CT molecular complexity index is 2560. The van der Waals surface area contributed by atoms with Gasteiger partial charge in [-0.05, 0) is 44.9 Å². The van der Waals surface area contributed by atoms with E-state index in [1.165, 1.54) is 52.3 Å². The third-order valence-electron chi connectivity index (χ3n) is 8.30. The van der Waals surface area contributed by atoms with Crippen molar-refractivity contribution in [3.63, 3.8) is 0 Å². The van der Waals surface area contributed by atoms with Crippen LogP contribution in [0.2, 0.25) is 0 Å². The summed E-state index contributed by atoms with van der Waals surface area (Å²) in [6.07, 6.45) is 6.54. The number of aliphatic hydroxyl groups excluding tert-OH is 1. The lowest BCUT2D eigenvalue weighted by Crippen LogP contribution is -2.17. The van der Waals surface area contributed by atoms with Crippen molar-refractivity contribution in [2.24, 2.45) is 16.5 Å². The van der Waals surface area contributed by atoms with Gasteiger partial charge in [0.1, 0.15) is 21.0 Å². The Labute approximate surface area is 326 Å². The van der Waals surface area contributed by atoms with E-state index < -0.39 is 17.7 Å². The van der Waals surface area contributed by atoms with E-state index in [2.05, 4.69) is 25.3 Å². The predicted molar refractivity (Wildman–Crippen MR) is 211 cm³/mol. The standard InChI is InChI=1S/C36H38N10O6S3/c1-5-22-28(53-18(3)40-22)33(50)43-35-42-24-14-20(30(37)48)15-25(52-13-9-12-47)27(24)45(35)10-7-8-11-46-32-26(16-21(17-39-32)31(38)49)55-36(46)44-34(51)29-23(6-2)41-19(4)54-29/h7-8,14-17,47H,5-6,9-13H2,1-4H3,(H2,37,48)(H2,38,49)(H,42,43,50)/b8-7+,44-36-. The second-order valence-corrected chi connectivity index (χ2v) is 15.6. The number of allylic oxidation sites excluding steroid dienone is 2. The topological polar surface area (TPSA) is 236 Å². The number of aromatic nitrogens is 6. The van der Waals surface area contributed by atoms with Gasteiger partial charge in [-0.1, -0.05) is 37.3 Å². The van der Waals surface area contributed by atoms with Gasteiger partial charge in [0.25, 0.3) is 11.8 Å². The van der Waals surface area contributed by atoms with Gasteiger partial charge in [-0.3, -0.25) is 29.1 Å². The van der Waals surface area contributed by atoms with Crippen LogP contribution >= 0.6 is 34.0 Å². The summed E-state index contributed by atoms with van der Waals surface area (Å²) in [6.45, 7) is 7.96. The minimum Gasteiger partial charge on any atom is -0.491 e. The average molecular weight is 803 g/mol. The molecule has 0 fully saturated rings. The molecule has 6 N–H and O–H groups in total. The van der Waals surface area contributed by atoms with E-state index in [0.717, 1.165) is 10.0 Å². The summed E-state index contributed by atoms with van der Waals surface area (Å²) in [4.78, 5) is 75.2. The molecular weight excluding hydrogens is 765 g/mol. The molecule has 4 amide bonds. The van der Waals surface area contributed by atoms with Gasteiger partial charge < -0.3 is 25.9 Å². The number of nitrogens with one attached hydrogen (secondary N) is 1. The number of aryl methyl sites for hydroxylation is 4. The highest BCUT2D eigenvalue weighted by molar-refractivity contribution is 7.16. The number of nitrogens with zero attached hydrogens (tertiary/aromatic N) is 7. The third-order valence-corrected chi connectivity index (χ3v) is 11.3. The molecule has 0 unspecified atom stereocenters. The smallest absolute Gasteiger partial charge is 0.291 e. The van der Waals surface area contributed by atoms with Crippen LogP contribution in [0.15, 0.2) is 41.5 Å². The number of imidazole rings is 1. The highest BCUT2D eigenvalue weighted by Crippen LogP contribution is 2.32. The van der Waals surface area contributed by atoms with Gasteiger partial charge in [0.05, 0.1) is 43.8 Å². The average Bonchev–Trinajstić information content (AvgIpc) is 3.92. The molecule has 0 aliphatic rings. The monoisotopic (exact) mass is 802 g/mol. The molecule has 286 valence electrons. The van der Waals surface area contributed by atoms with Gasteiger partial charge in [0.2, 0.25) is 17.8 Å². The molecule has 0 bridgehead atoms. The van der Waals surface area contributed by atoms with E-state index in [1.807, 2.05) is 39.8 Å². The Morgan fingerprint density at radius 2 is 1.55 bits per heavy atom. The van der Waals surface area contributed by atoms with E-state index in [9.17, 15) is 24.3 Å². The number of hydrogen-bond donors (Lipinski definition) is 4. The molecule has 6 aromatic rings. The minimum atomic E-state index is -0.686. The van der Waals surface area contributed by atoms with Crippen LogP contribution in [0.4, 0.5) is 5.95 Å². The first-order valence-electron chi connectivity index (χ1n) is 17.3. The molecule has 19 heteroatoms. The Kier molecular flexibility index (Phi) is 11.9. The quantitative estimate of drug-likeness (QED) is 0.0848. The zero-order valence-corrected chi connectivity index (χ0v) is 32.9. The number of nitrogens with two attached hydrogens (primary N) is 2. The van der Waals surface area contributed by atoms with E-state index in [4.69, 9.17) is 21.2 Å². The normalized spacial score (nSPS) is 12.0. The molecule has 0 radical (unpaired) electrons. The maximum Gasteiger partial charge on any atom is 0.291 e. The number of amides is 4. The number of carbonyl (C=O) groups is 4. The molecule has 5 aromatic heterocycles. The van der Waals surface area contributed by atoms with Crippen LogP contribution in [0.25, 0.3) is 21.4 Å². The Balaban J connectivity index is 1.41. The Hall–Kier alpha value is -5.63. The number of pyridine rings is 1. The number of aliphatic hydroxyl groups is 1. The summed E-state index contributed by atoms with van der Waals surface area (Å²) in [5.41, 5.74) is 14.2. The zero-order valence-electron chi connectivity index (χ0n) is 30.4. The predicted octanol–water partition coefficient (Wildman–Crippen LogP) is 4.31. The third kappa shape index (κ3) is 8.39. The maximum absolute atomic E-state index is 13.6. The lowest BCUT2D eigenvalue weighted by atomic mass is 10.1. The Morgan fingerprint density at radius 3 is 2.20 bits per heavy atom. The fraction of sp³-hybridized carbons (Fsp3) is 0.306. The fourth-order valence-electron chi connectivity index (χ4n) is 5.76. The van der Waals surface area contributed by atoms with E-state index in [0.29, 0.717) is 72.3 Å². The number of primary amides is 2. The van der Waals surface area contributed by atoms with Crippen LogP contribution < -0.4 is 26.3 Å². The summed E-state index contributed by atoms with van der Waals surface area (Å²) >= 11 is 3.76. The van der Waals surface area contributed by atoms with Gasteiger partial charge >= 0.3 is 0 Å². The van der Waals surface area contributed by atoms with Crippen molar-refractivity contribution in [1.29, 1.82) is 0 Å². The zero-order chi connectivity index (χ0) is 39.4. The van der Waals surface area contributed by atoms with Gasteiger partial charge in [-0.15, -0.1) is 22.7 Å². The summed E-state index contributed by atoms with van der Waals surface area (Å²) in [7, 11) is 0. The number of fused-ring (bicyclic) bond motifs is 2. The summed E-state index contributed by atoms with van der Waals surface area (Å²) in [5, 5.41) is 13.8. The summed E-state index contributed by atoms with van der Waals surface area (Å²) in [5.74, 6) is -1.66. The molecule has 0 saturated heterocycles. The summed E-state index contributed by atoms with van der Waals surface area (Å²) < 4.78 is 10.1. The van der Waals surface area contributed by atoms with Crippen LogP contribution in [0, 0.1) is 13.8 Å². The number of anilines is 1. The van der Waals surface area contributed by atoms with E-state index in [-0.39, 0.29) is 49.3 Å². The first kappa shape index (κ1) is 39.1. The first-order chi connectivity index (χ1) is 26.4. The molecule has 16 nitrogen and oxygen atoms in total. The van der Waals surface area contributed by atoms with Crippen LogP contribution in [-0.2, 0) is 25.9 Å². The highest BCUT2D eigenvalue weighted by Gasteiger charge is 2.23.